The molecule has 0 aromatic heterocycles. The molecular weight excluding hydrogens is 328 g/mol. The highest BCUT2D eigenvalue weighted by molar-refractivity contribution is 5.87. The number of aryl methyl sites for hydroxylation is 2. The zero-order chi connectivity index (χ0) is 19.1. The third kappa shape index (κ3) is 5.09. The molecule has 5 nitrogen and oxygen atoms in total. The van der Waals surface area contributed by atoms with E-state index in [1.807, 2.05) is 62.4 Å². The zero-order valence-electron chi connectivity index (χ0n) is 15.8. The number of nitrogens with one attached hydrogen (secondary N) is 1. The van der Waals surface area contributed by atoms with Gasteiger partial charge in [0.2, 0.25) is 5.91 Å². The number of rotatable bonds is 7. The fraction of sp³-hybridized carbons (Fsp3) is 0.333. The predicted octanol–water partition coefficient (Wildman–Crippen LogP) is 2.85. The normalized spacial score (nSPS) is 11.5. The van der Waals surface area contributed by atoms with Gasteiger partial charge >= 0.3 is 0 Å². The minimum Gasteiger partial charge on any atom is -0.483 e. The van der Waals surface area contributed by atoms with Crippen LogP contribution in [-0.2, 0) is 16.1 Å². The molecule has 0 radical (unpaired) electrons. The first-order valence-corrected chi connectivity index (χ1v) is 8.67. The maximum Gasteiger partial charge on any atom is 0.261 e. The molecular formula is C21H26N2O3. The molecule has 0 aliphatic carbocycles. The van der Waals surface area contributed by atoms with Gasteiger partial charge in [0.25, 0.3) is 5.91 Å². The van der Waals surface area contributed by atoms with Gasteiger partial charge in [-0.1, -0.05) is 42.5 Å². The molecule has 2 rings (SSSR count). The second kappa shape index (κ2) is 9.04. The molecule has 0 saturated heterocycles. The van der Waals surface area contributed by atoms with Crippen molar-refractivity contribution in [3.63, 3.8) is 0 Å². The van der Waals surface area contributed by atoms with Crippen LogP contribution in [0.4, 0.5) is 0 Å². The lowest BCUT2D eigenvalue weighted by atomic mass is 10.1. The van der Waals surface area contributed by atoms with E-state index in [1.165, 1.54) is 0 Å². The number of nitrogens with zero attached hydrogens (tertiary/aromatic N) is 1. The van der Waals surface area contributed by atoms with Crippen molar-refractivity contribution in [2.45, 2.75) is 33.4 Å². The second-order valence-corrected chi connectivity index (χ2v) is 6.36. The Hall–Kier alpha value is -2.82. The molecule has 1 N–H and O–H groups in total. The summed E-state index contributed by atoms with van der Waals surface area (Å²) in [4.78, 5) is 26.4. The molecule has 0 bridgehead atoms. The van der Waals surface area contributed by atoms with E-state index < -0.39 is 6.04 Å². The van der Waals surface area contributed by atoms with Gasteiger partial charge in [-0.25, -0.2) is 0 Å². The smallest absolute Gasteiger partial charge is 0.261 e. The molecule has 2 amide bonds. The average molecular weight is 354 g/mol. The lowest BCUT2D eigenvalue weighted by Crippen LogP contribution is -2.48. The summed E-state index contributed by atoms with van der Waals surface area (Å²) in [6.45, 7) is 5.87. The summed E-state index contributed by atoms with van der Waals surface area (Å²) in [5.74, 6) is 0.248. The van der Waals surface area contributed by atoms with Gasteiger partial charge in [-0.2, -0.15) is 0 Å². The maximum absolute atomic E-state index is 12.8. The highest BCUT2D eigenvalue weighted by Gasteiger charge is 2.25. The summed E-state index contributed by atoms with van der Waals surface area (Å²) in [6.07, 6.45) is 0. The number of likely N-dealkylation sites (N-methyl/N-ethyl adjacent to an activating group) is 1. The molecule has 2 aromatic rings. The Morgan fingerprint density at radius 3 is 2.46 bits per heavy atom. The van der Waals surface area contributed by atoms with E-state index in [9.17, 15) is 9.59 Å². The molecule has 0 fully saturated rings. The Morgan fingerprint density at radius 2 is 1.81 bits per heavy atom. The summed E-state index contributed by atoms with van der Waals surface area (Å²) < 4.78 is 5.74. The van der Waals surface area contributed by atoms with Gasteiger partial charge < -0.3 is 15.0 Å². The molecule has 0 aliphatic rings. The van der Waals surface area contributed by atoms with Crippen molar-refractivity contribution in [2.75, 3.05) is 13.7 Å². The lowest BCUT2D eigenvalue weighted by molar-refractivity contribution is -0.142. The van der Waals surface area contributed by atoms with E-state index >= 15 is 0 Å². The first-order chi connectivity index (χ1) is 12.4. The molecule has 5 heteroatoms. The van der Waals surface area contributed by atoms with Crippen LogP contribution < -0.4 is 10.1 Å². The van der Waals surface area contributed by atoms with Gasteiger partial charge in [-0.05, 0) is 43.5 Å². The Balaban J connectivity index is 2.14. The summed E-state index contributed by atoms with van der Waals surface area (Å²) in [5, 5.41) is 2.60. The van der Waals surface area contributed by atoms with Gasteiger partial charge in [0.05, 0.1) is 0 Å². The molecule has 26 heavy (non-hydrogen) atoms. The Bertz CT molecular complexity index is 759. The summed E-state index contributed by atoms with van der Waals surface area (Å²) in [7, 11) is 1.57. The largest absolute Gasteiger partial charge is 0.483 e. The molecule has 0 spiro atoms. The Labute approximate surface area is 155 Å². The Morgan fingerprint density at radius 1 is 1.12 bits per heavy atom. The average Bonchev–Trinajstić information content (AvgIpc) is 2.66. The van der Waals surface area contributed by atoms with E-state index in [4.69, 9.17) is 4.74 Å². The molecule has 2 aromatic carbocycles. The molecule has 0 aliphatic heterocycles. The standard InChI is InChI=1S/C21H26N2O3/c1-15-10-11-16(2)19(12-15)26-14-20(24)23(17(3)21(25)22-4)13-18-8-6-5-7-9-18/h5-12,17H,13-14H2,1-4H3,(H,22,25). The summed E-state index contributed by atoms with van der Waals surface area (Å²) in [6, 6.07) is 14.9. The minimum absolute atomic E-state index is 0.113. The molecule has 1 atom stereocenters. The number of carbonyl (C=O) groups is 2. The first kappa shape index (κ1) is 19.5. The third-order valence-corrected chi connectivity index (χ3v) is 4.30. The van der Waals surface area contributed by atoms with Crippen LogP contribution in [0.15, 0.2) is 48.5 Å². The number of carbonyl (C=O) groups excluding carboxylic acids is 2. The van der Waals surface area contributed by atoms with Crippen LogP contribution in [0.1, 0.15) is 23.6 Å². The van der Waals surface area contributed by atoms with Crippen LogP contribution in [-0.4, -0.2) is 36.4 Å². The topological polar surface area (TPSA) is 58.6 Å². The third-order valence-electron chi connectivity index (χ3n) is 4.30. The van der Waals surface area contributed by atoms with Crippen molar-refractivity contribution in [1.29, 1.82) is 0 Å². The van der Waals surface area contributed by atoms with Crippen LogP contribution in [0.2, 0.25) is 0 Å². The fourth-order valence-electron chi connectivity index (χ4n) is 2.66. The van der Waals surface area contributed by atoms with E-state index in [0.717, 1.165) is 16.7 Å². The fourth-order valence-corrected chi connectivity index (χ4v) is 2.66. The monoisotopic (exact) mass is 354 g/mol. The number of ether oxygens (including phenoxy) is 1. The van der Waals surface area contributed by atoms with E-state index in [1.54, 1.807) is 18.9 Å². The van der Waals surface area contributed by atoms with Crippen LogP contribution in [0, 0.1) is 13.8 Å². The minimum atomic E-state index is -0.588. The quantitative estimate of drug-likeness (QED) is 0.832. The van der Waals surface area contributed by atoms with Gasteiger partial charge in [-0.15, -0.1) is 0 Å². The SMILES string of the molecule is CNC(=O)C(C)N(Cc1ccccc1)C(=O)COc1cc(C)ccc1C. The molecule has 0 heterocycles. The van der Waals surface area contributed by atoms with Crippen molar-refractivity contribution in [2.24, 2.45) is 0 Å². The lowest BCUT2D eigenvalue weighted by Gasteiger charge is -2.28. The van der Waals surface area contributed by atoms with Crippen LogP contribution >= 0.6 is 0 Å². The number of hydrogen-bond donors (Lipinski definition) is 1. The predicted molar refractivity (Wildman–Crippen MR) is 102 cm³/mol. The highest BCUT2D eigenvalue weighted by atomic mass is 16.5. The van der Waals surface area contributed by atoms with Crippen molar-refractivity contribution in [3.05, 3.63) is 65.2 Å². The zero-order valence-corrected chi connectivity index (χ0v) is 15.8. The van der Waals surface area contributed by atoms with Gasteiger partial charge in [-0.3, -0.25) is 9.59 Å². The second-order valence-electron chi connectivity index (χ2n) is 6.36. The van der Waals surface area contributed by atoms with Crippen molar-refractivity contribution >= 4 is 11.8 Å². The van der Waals surface area contributed by atoms with E-state index in [0.29, 0.717) is 12.3 Å². The summed E-state index contributed by atoms with van der Waals surface area (Å²) >= 11 is 0. The number of benzene rings is 2. The van der Waals surface area contributed by atoms with Crippen LogP contribution in [0.5, 0.6) is 5.75 Å². The Kier molecular flexibility index (Phi) is 6.78. The van der Waals surface area contributed by atoms with Crippen molar-refractivity contribution in [1.82, 2.24) is 10.2 Å². The number of hydrogen-bond acceptors (Lipinski definition) is 3. The van der Waals surface area contributed by atoms with E-state index in [2.05, 4.69) is 5.32 Å². The van der Waals surface area contributed by atoms with Gasteiger partial charge in [0.1, 0.15) is 11.8 Å². The number of amides is 2. The van der Waals surface area contributed by atoms with Crippen molar-refractivity contribution in [3.8, 4) is 5.75 Å². The van der Waals surface area contributed by atoms with Gasteiger partial charge in [0, 0.05) is 13.6 Å². The van der Waals surface area contributed by atoms with Gasteiger partial charge in [0.15, 0.2) is 6.61 Å². The van der Waals surface area contributed by atoms with Crippen LogP contribution in [0.25, 0.3) is 0 Å². The molecule has 138 valence electrons. The van der Waals surface area contributed by atoms with Crippen LogP contribution in [0.3, 0.4) is 0 Å². The van der Waals surface area contributed by atoms with E-state index in [-0.39, 0.29) is 18.4 Å². The molecule has 1 unspecified atom stereocenters. The molecule has 0 saturated carbocycles. The van der Waals surface area contributed by atoms with Crippen molar-refractivity contribution < 1.29 is 14.3 Å². The first-order valence-electron chi connectivity index (χ1n) is 8.67. The summed E-state index contributed by atoms with van der Waals surface area (Å²) in [5.41, 5.74) is 3.00. The highest BCUT2D eigenvalue weighted by Crippen LogP contribution is 2.19. The maximum atomic E-state index is 12.8.